The second kappa shape index (κ2) is 8.90. The molecule has 1 aliphatic rings. The first-order chi connectivity index (χ1) is 13.1. The monoisotopic (exact) mass is 365 g/mol. The third-order valence-electron chi connectivity index (χ3n) is 5.19. The maximum absolute atomic E-state index is 8.90. The zero-order valence-corrected chi connectivity index (χ0v) is 16.4. The van der Waals surface area contributed by atoms with Gasteiger partial charge in [-0.05, 0) is 47.9 Å². The van der Waals surface area contributed by atoms with Crippen molar-refractivity contribution in [3.05, 3.63) is 58.7 Å². The van der Waals surface area contributed by atoms with Crippen LogP contribution in [-0.2, 0) is 13.1 Å². The average Bonchev–Trinajstić information content (AvgIpc) is 2.71. The van der Waals surface area contributed by atoms with Gasteiger partial charge in [0.1, 0.15) is 0 Å². The molecule has 27 heavy (non-hydrogen) atoms. The van der Waals surface area contributed by atoms with Gasteiger partial charge in [-0.1, -0.05) is 12.1 Å². The van der Waals surface area contributed by atoms with Crippen LogP contribution in [-0.4, -0.2) is 50.2 Å². The molecule has 0 aromatic heterocycles. The molecular formula is C22H27N3O2. The Morgan fingerprint density at radius 1 is 0.889 bits per heavy atom. The summed E-state index contributed by atoms with van der Waals surface area (Å²) in [5, 5.41) is 8.90. The predicted octanol–water partition coefficient (Wildman–Crippen LogP) is 3.20. The zero-order valence-electron chi connectivity index (χ0n) is 16.4. The number of nitriles is 1. The average molecular weight is 365 g/mol. The number of methoxy groups -OCH3 is 2. The topological polar surface area (TPSA) is 48.7 Å². The van der Waals surface area contributed by atoms with Gasteiger partial charge in [-0.2, -0.15) is 5.26 Å². The van der Waals surface area contributed by atoms with Gasteiger partial charge in [0, 0.05) is 39.3 Å². The molecule has 0 unspecified atom stereocenters. The fourth-order valence-corrected chi connectivity index (χ4v) is 3.48. The molecule has 0 aliphatic carbocycles. The van der Waals surface area contributed by atoms with E-state index >= 15 is 0 Å². The van der Waals surface area contributed by atoms with Gasteiger partial charge in [0.2, 0.25) is 0 Å². The van der Waals surface area contributed by atoms with Crippen LogP contribution >= 0.6 is 0 Å². The minimum atomic E-state index is 0.717. The highest BCUT2D eigenvalue weighted by atomic mass is 16.5. The summed E-state index contributed by atoms with van der Waals surface area (Å²) in [6.07, 6.45) is 0. The number of benzene rings is 2. The Balaban J connectivity index is 1.55. The fraction of sp³-hybridized carbons (Fsp3) is 0.409. The van der Waals surface area contributed by atoms with Crippen LogP contribution < -0.4 is 9.47 Å². The van der Waals surface area contributed by atoms with Crippen molar-refractivity contribution in [1.82, 2.24) is 9.80 Å². The molecule has 0 atom stereocenters. The second-order valence-electron chi connectivity index (χ2n) is 6.99. The third kappa shape index (κ3) is 4.79. The molecule has 5 nitrogen and oxygen atoms in total. The van der Waals surface area contributed by atoms with E-state index in [0.29, 0.717) is 5.56 Å². The van der Waals surface area contributed by atoms with E-state index in [1.807, 2.05) is 12.1 Å². The van der Waals surface area contributed by atoms with E-state index in [2.05, 4.69) is 47.1 Å². The van der Waals surface area contributed by atoms with Crippen molar-refractivity contribution in [2.75, 3.05) is 40.4 Å². The Kier molecular flexibility index (Phi) is 6.33. The zero-order chi connectivity index (χ0) is 19.2. The van der Waals surface area contributed by atoms with Gasteiger partial charge in [0.05, 0.1) is 25.9 Å². The van der Waals surface area contributed by atoms with Crippen LogP contribution in [0.4, 0.5) is 0 Å². The first kappa shape index (κ1) is 19.2. The van der Waals surface area contributed by atoms with E-state index in [-0.39, 0.29) is 0 Å². The van der Waals surface area contributed by atoms with Crippen molar-refractivity contribution >= 4 is 0 Å². The van der Waals surface area contributed by atoms with E-state index < -0.39 is 0 Å². The first-order valence-corrected chi connectivity index (χ1v) is 9.28. The molecule has 0 N–H and O–H groups in total. The van der Waals surface area contributed by atoms with Crippen LogP contribution in [0, 0.1) is 18.3 Å². The van der Waals surface area contributed by atoms with Crippen LogP contribution in [0.3, 0.4) is 0 Å². The SMILES string of the molecule is COc1cc(C)c(CN2CCN(Cc3ccc(C#N)cc3)CC2)cc1OC. The van der Waals surface area contributed by atoms with Gasteiger partial charge in [-0.3, -0.25) is 9.80 Å². The van der Waals surface area contributed by atoms with Gasteiger partial charge >= 0.3 is 0 Å². The second-order valence-corrected chi connectivity index (χ2v) is 6.99. The highest BCUT2D eigenvalue weighted by Crippen LogP contribution is 2.31. The van der Waals surface area contributed by atoms with Crippen molar-refractivity contribution in [1.29, 1.82) is 5.26 Å². The van der Waals surface area contributed by atoms with Gasteiger partial charge in [0.25, 0.3) is 0 Å². The number of piperazine rings is 1. The number of rotatable bonds is 6. The molecule has 0 radical (unpaired) electrons. The summed E-state index contributed by atoms with van der Waals surface area (Å²) >= 11 is 0. The first-order valence-electron chi connectivity index (χ1n) is 9.28. The van der Waals surface area contributed by atoms with Crippen LogP contribution in [0.1, 0.15) is 22.3 Å². The van der Waals surface area contributed by atoms with Crippen molar-refractivity contribution in [3.8, 4) is 17.6 Å². The Morgan fingerprint density at radius 3 is 2.00 bits per heavy atom. The summed E-state index contributed by atoms with van der Waals surface area (Å²) in [6, 6.07) is 14.2. The molecule has 1 heterocycles. The standard InChI is InChI=1S/C22H27N3O2/c1-17-12-21(26-2)22(27-3)13-20(17)16-25-10-8-24(9-11-25)15-19-6-4-18(14-23)5-7-19/h4-7,12-13H,8-11,15-16H2,1-3H3. The van der Waals surface area contributed by atoms with E-state index in [1.54, 1.807) is 14.2 Å². The van der Waals surface area contributed by atoms with Crippen molar-refractivity contribution in [3.63, 3.8) is 0 Å². The smallest absolute Gasteiger partial charge is 0.161 e. The minimum absolute atomic E-state index is 0.717. The summed E-state index contributed by atoms with van der Waals surface area (Å²) in [7, 11) is 3.35. The summed E-state index contributed by atoms with van der Waals surface area (Å²) in [5.41, 5.74) is 4.49. The number of aryl methyl sites for hydroxylation is 1. The summed E-state index contributed by atoms with van der Waals surface area (Å²) in [5.74, 6) is 1.57. The molecule has 0 bridgehead atoms. The lowest BCUT2D eigenvalue weighted by Crippen LogP contribution is -2.45. The molecule has 1 aliphatic heterocycles. The molecule has 1 saturated heterocycles. The van der Waals surface area contributed by atoms with E-state index in [4.69, 9.17) is 14.7 Å². The Morgan fingerprint density at radius 2 is 1.44 bits per heavy atom. The summed E-state index contributed by atoms with van der Waals surface area (Å²) < 4.78 is 10.8. The molecule has 0 saturated carbocycles. The molecular weight excluding hydrogens is 338 g/mol. The van der Waals surface area contributed by atoms with E-state index in [0.717, 1.165) is 50.8 Å². The summed E-state index contributed by atoms with van der Waals surface area (Å²) in [4.78, 5) is 4.96. The molecule has 0 amide bonds. The Labute approximate surface area is 161 Å². The van der Waals surface area contributed by atoms with Gasteiger partial charge in [0.15, 0.2) is 11.5 Å². The lowest BCUT2D eigenvalue weighted by Gasteiger charge is -2.35. The van der Waals surface area contributed by atoms with Gasteiger partial charge in [-0.25, -0.2) is 0 Å². The van der Waals surface area contributed by atoms with Crippen LogP contribution in [0.25, 0.3) is 0 Å². The number of hydrogen-bond acceptors (Lipinski definition) is 5. The molecule has 5 heteroatoms. The number of hydrogen-bond donors (Lipinski definition) is 0. The van der Waals surface area contributed by atoms with Gasteiger partial charge in [-0.15, -0.1) is 0 Å². The molecule has 3 rings (SSSR count). The lowest BCUT2D eigenvalue weighted by atomic mass is 10.1. The lowest BCUT2D eigenvalue weighted by molar-refractivity contribution is 0.122. The third-order valence-corrected chi connectivity index (χ3v) is 5.19. The maximum atomic E-state index is 8.90. The van der Waals surface area contributed by atoms with Crippen LogP contribution in [0.5, 0.6) is 11.5 Å². The number of ether oxygens (including phenoxy) is 2. The normalized spacial score (nSPS) is 15.3. The fourth-order valence-electron chi connectivity index (χ4n) is 3.48. The van der Waals surface area contributed by atoms with E-state index in [1.165, 1.54) is 16.7 Å². The minimum Gasteiger partial charge on any atom is -0.493 e. The maximum Gasteiger partial charge on any atom is 0.161 e. The quantitative estimate of drug-likeness (QED) is 0.787. The Bertz CT molecular complexity index is 804. The van der Waals surface area contributed by atoms with Crippen LogP contribution in [0.15, 0.2) is 36.4 Å². The van der Waals surface area contributed by atoms with Crippen molar-refractivity contribution in [2.24, 2.45) is 0 Å². The largest absolute Gasteiger partial charge is 0.493 e. The predicted molar refractivity (Wildman–Crippen MR) is 106 cm³/mol. The summed E-state index contributed by atoms with van der Waals surface area (Å²) in [6.45, 7) is 8.18. The molecule has 2 aromatic carbocycles. The highest BCUT2D eigenvalue weighted by Gasteiger charge is 2.18. The van der Waals surface area contributed by atoms with E-state index in [9.17, 15) is 0 Å². The van der Waals surface area contributed by atoms with Crippen molar-refractivity contribution < 1.29 is 9.47 Å². The molecule has 0 spiro atoms. The van der Waals surface area contributed by atoms with Crippen LogP contribution in [0.2, 0.25) is 0 Å². The molecule has 142 valence electrons. The Hall–Kier alpha value is -2.55. The number of nitrogens with zero attached hydrogens (tertiary/aromatic N) is 3. The highest BCUT2D eigenvalue weighted by molar-refractivity contribution is 5.47. The molecule has 2 aromatic rings. The van der Waals surface area contributed by atoms with Gasteiger partial charge < -0.3 is 9.47 Å². The molecule has 1 fully saturated rings. The van der Waals surface area contributed by atoms with Crippen molar-refractivity contribution in [2.45, 2.75) is 20.0 Å².